The van der Waals surface area contributed by atoms with Crippen LogP contribution in [0.25, 0.3) is 0 Å². The summed E-state index contributed by atoms with van der Waals surface area (Å²) in [5, 5.41) is 0. The summed E-state index contributed by atoms with van der Waals surface area (Å²) in [4.78, 5) is 26.3. The summed E-state index contributed by atoms with van der Waals surface area (Å²) in [6.45, 7) is 2.06. The highest BCUT2D eigenvalue weighted by atomic mass is 19.2. The van der Waals surface area contributed by atoms with Gasteiger partial charge in [0.25, 0.3) is 5.91 Å². The topological polar surface area (TPSA) is 66.6 Å². The van der Waals surface area contributed by atoms with Crippen molar-refractivity contribution in [1.29, 1.82) is 0 Å². The summed E-state index contributed by atoms with van der Waals surface area (Å²) in [6, 6.07) is 3.09. The molecule has 0 radical (unpaired) electrons. The first-order chi connectivity index (χ1) is 9.47. The molecule has 2 rings (SSSR count). The van der Waals surface area contributed by atoms with Crippen molar-refractivity contribution in [3.63, 3.8) is 0 Å². The average molecular weight is 283 g/mol. The molecule has 7 heteroatoms. The summed E-state index contributed by atoms with van der Waals surface area (Å²) in [5.74, 6) is -2.77. The molecule has 1 saturated heterocycles. The van der Waals surface area contributed by atoms with Crippen molar-refractivity contribution in [2.75, 3.05) is 32.7 Å². The van der Waals surface area contributed by atoms with Crippen molar-refractivity contribution >= 4 is 11.8 Å². The normalized spacial score (nSPS) is 16.2. The molecule has 108 valence electrons. The third-order valence-electron chi connectivity index (χ3n) is 3.21. The molecule has 20 heavy (non-hydrogen) atoms. The van der Waals surface area contributed by atoms with Crippen LogP contribution in [0.1, 0.15) is 10.4 Å². The molecule has 0 saturated carbocycles. The summed E-state index contributed by atoms with van der Waals surface area (Å²) in [5.41, 5.74) is 5.22. The fraction of sp³-hybridized carbons (Fsp3) is 0.385. The Bertz CT molecular complexity index is 528. The number of halogens is 2. The van der Waals surface area contributed by atoms with E-state index in [2.05, 4.69) is 0 Å². The molecule has 0 atom stereocenters. The van der Waals surface area contributed by atoms with Gasteiger partial charge in [0, 0.05) is 31.7 Å². The van der Waals surface area contributed by atoms with Crippen molar-refractivity contribution in [2.24, 2.45) is 5.73 Å². The summed E-state index contributed by atoms with van der Waals surface area (Å²) in [7, 11) is 0. The van der Waals surface area contributed by atoms with E-state index in [1.54, 1.807) is 4.90 Å². The minimum Gasteiger partial charge on any atom is -0.369 e. The number of nitrogens with zero attached hydrogens (tertiary/aromatic N) is 2. The molecule has 0 aromatic heterocycles. The molecule has 2 N–H and O–H groups in total. The van der Waals surface area contributed by atoms with Gasteiger partial charge in [-0.05, 0) is 18.2 Å². The van der Waals surface area contributed by atoms with Gasteiger partial charge < -0.3 is 10.6 Å². The van der Waals surface area contributed by atoms with E-state index < -0.39 is 17.5 Å². The maximum Gasteiger partial charge on any atom is 0.254 e. The zero-order valence-corrected chi connectivity index (χ0v) is 10.8. The minimum atomic E-state index is -1.04. The number of hydrogen-bond donors (Lipinski definition) is 1. The van der Waals surface area contributed by atoms with E-state index in [1.165, 1.54) is 6.07 Å². The van der Waals surface area contributed by atoms with Crippen molar-refractivity contribution in [3.8, 4) is 0 Å². The monoisotopic (exact) mass is 283 g/mol. The van der Waals surface area contributed by atoms with Gasteiger partial charge in [0.1, 0.15) is 0 Å². The number of hydrogen-bond acceptors (Lipinski definition) is 3. The maximum atomic E-state index is 13.1. The predicted octanol–water partition coefficient (Wildman–Crippen LogP) is 0.208. The van der Waals surface area contributed by atoms with Gasteiger partial charge in [-0.3, -0.25) is 14.5 Å². The first-order valence-electron chi connectivity index (χ1n) is 6.22. The van der Waals surface area contributed by atoms with E-state index >= 15 is 0 Å². The van der Waals surface area contributed by atoms with Crippen LogP contribution >= 0.6 is 0 Å². The zero-order valence-electron chi connectivity index (χ0n) is 10.8. The Morgan fingerprint density at radius 3 is 2.30 bits per heavy atom. The van der Waals surface area contributed by atoms with Gasteiger partial charge in [0.15, 0.2) is 11.6 Å². The molecule has 1 aliphatic rings. The average Bonchev–Trinajstić information content (AvgIpc) is 2.41. The van der Waals surface area contributed by atoms with Gasteiger partial charge in [-0.15, -0.1) is 0 Å². The van der Waals surface area contributed by atoms with Crippen LogP contribution < -0.4 is 5.73 Å². The molecule has 0 spiro atoms. The predicted molar refractivity (Wildman–Crippen MR) is 67.9 cm³/mol. The quantitative estimate of drug-likeness (QED) is 0.862. The van der Waals surface area contributed by atoms with Gasteiger partial charge >= 0.3 is 0 Å². The Kier molecular flexibility index (Phi) is 4.29. The van der Waals surface area contributed by atoms with E-state index in [1.807, 2.05) is 4.90 Å². The lowest BCUT2D eigenvalue weighted by Gasteiger charge is -2.34. The lowest BCUT2D eigenvalue weighted by atomic mass is 10.1. The van der Waals surface area contributed by atoms with Crippen molar-refractivity contribution < 1.29 is 18.4 Å². The molecular weight excluding hydrogens is 268 g/mol. The Morgan fingerprint density at radius 1 is 1.10 bits per heavy atom. The number of benzene rings is 1. The van der Waals surface area contributed by atoms with Crippen molar-refractivity contribution in [3.05, 3.63) is 35.4 Å². The second-order valence-electron chi connectivity index (χ2n) is 4.66. The molecule has 0 unspecified atom stereocenters. The molecule has 2 amide bonds. The summed E-state index contributed by atoms with van der Waals surface area (Å²) in [6.07, 6.45) is 0. The van der Waals surface area contributed by atoms with Crippen molar-refractivity contribution in [2.45, 2.75) is 0 Å². The van der Waals surface area contributed by atoms with Crippen LogP contribution in [0, 0.1) is 11.6 Å². The number of amides is 2. The van der Waals surface area contributed by atoms with E-state index in [9.17, 15) is 18.4 Å². The zero-order chi connectivity index (χ0) is 14.7. The Labute approximate surface area is 114 Å². The fourth-order valence-corrected chi connectivity index (χ4v) is 2.14. The smallest absolute Gasteiger partial charge is 0.254 e. The van der Waals surface area contributed by atoms with Gasteiger partial charge in [-0.1, -0.05) is 0 Å². The number of rotatable bonds is 3. The van der Waals surface area contributed by atoms with E-state index in [0.29, 0.717) is 26.2 Å². The number of piperazine rings is 1. The second kappa shape index (κ2) is 5.96. The molecule has 5 nitrogen and oxygen atoms in total. The van der Waals surface area contributed by atoms with Crippen LogP contribution in [-0.2, 0) is 4.79 Å². The SMILES string of the molecule is NC(=O)CN1CCN(C(=O)c2ccc(F)c(F)c2)CC1. The van der Waals surface area contributed by atoms with Crippen LogP contribution in [0.4, 0.5) is 8.78 Å². The molecule has 1 fully saturated rings. The van der Waals surface area contributed by atoms with Gasteiger partial charge in [0.05, 0.1) is 6.54 Å². The van der Waals surface area contributed by atoms with Gasteiger partial charge in [-0.25, -0.2) is 8.78 Å². The number of primary amides is 1. The third kappa shape index (κ3) is 3.30. The molecule has 0 bridgehead atoms. The Balaban J connectivity index is 1.97. The van der Waals surface area contributed by atoms with Crippen LogP contribution in [-0.4, -0.2) is 54.3 Å². The molecule has 1 heterocycles. The highest BCUT2D eigenvalue weighted by Crippen LogP contribution is 2.12. The Morgan fingerprint density at radius 2 is 1.75 bits per heavy atom. The van der Waals surface area contributed by atoms with Gasteiger partial charge in [0.2, 0.25) is 5.91 Å². The molecule has 0 aliphatic carbocycles. The number of carbonyl (C=O) groups is 2. The highest BCUT2D eigenvalue weighted by molar-refractivity contribution is 5.94. The lowest BCUT2D eigenvalue weighted by molar-refractivity contribution is -0.119. The van der Waals surface area contributed by atoms with E-state index in [4.69, 9.17) is 5.73 Å². The van der Waals surface area contributed by atoms with Crippen LogP contribution in [0.15, 0.2) is 18.2 Å². The third-order valence-corrected chi connectivity index (χ3v) is 3.21. The van der Waals surface area contributed by atoms with E-state index in [0.717, 1.165) is 12.1 Å². The first-order valence-corrected chi connectivity index (χ1v) is 6.22. The van der Waals surface area contributed by atoms with Crippen LogP contribution in [0.5, 0.6) is 0 Å². The van der Waals surface area contributed by atoms with Crippen LogP contribution in [0.2, 0.25) is 0 Å². The summed E-state index contributed by atoms with van der Waals surface area (Å²) < 4.78 is 25.9. The standard InChI is InChI=1S/C13H15F2N3O2/c14-10-2-1-9(7-11(10)15)13(20)18-5-3-17(4-6-18)8-12(16)19/h1-2,7H,3-6,8H2,(H2,16,19). The minimum absolute atomic E-state index is 0.118. The molecule has 1 aliphatic heterocycles. The number of carbonyl (C=O) groups excluding carboxylic acids is 2. The number of nitrogens with two attached hydrogens (primary N) is 1. The molecule has 1 aromatic rings. The fourth-order valence-electron chi connectivity index (χ4n) is 2.14. The molecular formula is C13H15F2N3O2. The Hall–Kier alpha value is -2.02. The molecule has 1 aromatic carbocycles. The lowest BCUT2D eigenvalue weighted by Crippen LogP contribution is -2.50. The highest BCUT2D eigenvalue weighted by Gasteiger charge is 2.23. The summed E-state index contributed by atoms with van der Waals surface area (Å²) >= 11 is 0. The van der Waals surface area contributed by atoms with Gasteiger partial charge in [-0.2, -0.15) is 0 Å². The first kappa shape index (κ1) is 14.4. The largest absolute Gasteiger partial charge is 0.369 e. The van der Waals surface area contributed by atoms with E-state index in [-0.39, 0.29) is 18.0 Å². The maximum absolute atomic E-state index is 13.1. The second-order valence-corrected chi connectivity index (χ2v) is 4.66. The van der Waals surface area contributed by atoms with Crippen LogP contribution in [0.3, 0.4) is 0 Å². The van der Waals surface area contributed by atoms with Crippen molar-refractivity contribution in [1.82, 2.24) is 9.80 Å².